The highest BCUT2D eigenvalue weighted by atomic mass is 19.4. The first-order valence-electron chi connectivity index (χ1n) is 5.57. The molecule has 1 aromatic carbocycles. The van der Waals surface area contributed by atoms with Crippen LogP contribution in [-0.4, -0.2) is 24.3 Å². The number of aliphatic hydroxyl groups is 1. The standard InChI is InChI=1S/C12H14F3NO/c13-12(14,15)9-3-5-10(6-4-9)16-7-1-2-11(16)8-17/h3-6,11,17H,1-2,7-8H2/t11-/m0/s1. The molecule has 0 bridgehead atoms. The summed E-state index contributed by atoms with van der Waals surface area (Å²) in [7, 11) is 0. The smallest absolute Gasteiger partial charge is 0.394 e. The molecule has 0 radical (unpaired) electrons. The van der Waals surface area contributed by atoms with Gasteiger partial charge in [-0.15, -0.1) is 0 Å². The summed E-state index contributed by atoms with van der Waals surface area (Å²) in [5, 5.41) is 9.16. The zero-order chi connectivity index (χ0) is 12.5. The van der Waals surface area contributed by atoms with Gasteiger partial charge in [0.15, 0.2) is 0 Å². The van der Waals surface area contributed by atoms with E-state index in [-0.39, 0.29) is 12.6 Å². The van der Waals surface area contributed by atoms with Crippen molar-refractivity contribution in [3.8, 4) is 0 Å². The predicted octanol–water partition coefficient (Wildman–Crippen LogP) is 2.67. The minimum absolute atomic E-state index is 0.0340. The van der Waals surface area contributed by atoms with Gasteiger partial charge < -0.3 is 10.0 Å². The number of aliphatic hydroxyl groups excluding tert-OH is 1. The Labute approximate surface area is 97.7 Å². The molecule has 0 aromatic heterocycles. The molecule has 0 amide bonds. The van der Waals surface area contributed by atoms with Gasteiger partial charge in [0.05, 0.1) is 18.2 Å². The Kier molecular flexibility index (Phi) is 3.28. The average molecular weight is 245 g/mol. The quantitative estimate of drug-likeness (QED) is 0.865. The van der Waals surface area contributed by atoms with E-state index < -0.39 is 11.7 Å². The Hall–Kier alpha value is -1.23. The molecule has 1 aromatic rings. The Morgan fingerprint density at radius 1 is 1.24 bits per heavy atom. The molecule has 0 spiro atoms. The highest BCUT2D eigenvalue weighted by Gasteiger charge is 2.31. The number of hydrogen-bond acceptors (Lipinski definition) is 2. The number of anilines is 1. The molecule has 1 aliphatic heterocycles. The molecule has 0 unspecified atom stereocenters. The number of hydrogen-bond donors (Lipinski definition) is 1. The summed E-state index contributed by atoms with van der Waals surface area (Å²) in [4.78, 5) is 1.96. The van der Waals surface area contributed by atoms with E-state index in [9.17, 15) is 13.2 Å². The van der Waals surface area contributed by atoms with Crippen LogP contribution in [0.4, 0.5) is 18.9 Å². The summed E-state index contributed by atoms with van der Waals surface area (Å²) in [6.45, 7) is 0.831. The fourth-order valence-electron chi connectivity index (χ4n) is 2.21. The van der Waals surface area contributed by atoms with Crippen molar-refractivity contribution < 1.29 is 18.3 Å². The van der Waals surface area contributed by atoms with E-state index in [1.165, 1.54) is 12.1 Å². The number of benzene rings is 1. The summed E-state index contributed by atoms with van der Waals surface area (Å²) in [6.07, 6.45) is -2.44. The third-order valence-corrected chi connectivity index (χ3v) is 3.11. The fourth-order valence-corrected chi connectivity index (χ4v) is 2.21. The number of alkyl halides is 3. The molecular weight excluding hydrogens is 231 g/mol. The van der Waals surface area contributed by atoms with Crippen LogP contribution < -0.4 is 4.90 Å². The molecule has 1 atom stereocenters. The monoisotopic (exact) mass is 245 g/mol. The zero-order valence-corrected chi connectivity index (χ0v) is 9.24. The highest BCUT2D eigenvalue weighted by Crippen LogP contribution is 2.32. The van der Waals surface area contributed by atoms with Crippen LogP contribution in [0.25, 0.3) is 0 Å². The lowest BCUT2D eigenvalue weighted by Crippen LogP contribution is -2.31. The Morgan fingerprint density at radius 2 is 1.88 bits per heavy atom. The van der Waals surface area contributed by atoms with E-state index in [4.69, 9.17) is 5.11 Å². The van der Waals surface area contributed by atoms with Gasteiger partial charge in [-0.25, -0.2) is 0 Å². The van der Waals surface area contributed by atoms with Crippen molar-refractivity contribution in [1.82, 2.24) is 0 Å². The van der Waals surface area contributed by atoms with E-state index in [0.717, 1.165) is 37.2 Å². The molecule has 5 heteroatoms. The van der Waals surface area contributed by atoms with Gasteiger partial charge in [-0.2, -0.15) is 13.2 Å². The second-order valence-electron chi connectivity index (χ2n) is 4.22. The Bertz CT molecular complexity index is 374. The van der Waals surface area contributed by atoms with Gasteiger partial charge in [0.1, 0.15) is 0 Å². The van der Waals surface area contributed by atoms with Crippen LogP contribution >= 0.6 is 0 Å². The summed E-state index contributed by atoms with van der Waals surface area (Å²) in [5.74, 6) is 0. The third kappa shape index (κ3) is 2.54. The SMILES string of the molecule is OC[C@@H]1CCCN1c1ccc(C(F)(F)F)cc1. The van der Waals surface area contributed by atoms with E-state index in [0.29, 0.717) is 0 Å². The Balaban J connectivity index is 2.18. The largest absolute Gasteiger partial charge is 0.416 e. The molecule has 2 rings (SSSR count). The maximum atomic E-state index is 12.4. The van der Waals surface area contributed by atoms with Crippen molar-refractivity contribution in [2.24, 2.45) is 0 Å². The van der Waals surface area contributed by atoms with Crippen LogP contribution in [0.15, 0.2) is 24.3 Å². The first kappa shape index (κ1) is 12.2. The minimum atomic E-state index is -4.29. The lowest BCUT2D eigenvalue weighted by Gasteiger charge is -2.25. The summed E-state index contributed by atoms with van der Waals surface area (Å²) in [6, 6.07) is 5.14. The topological polar surface area (TPSA) is 23.5 Å². The molecule has 2 nitrogen and oxygen atoms in total. The van der Waals surface area contributed by atoms with E-state index in [2.05, 4.69) is 0 Å². The average Bonchev–Trinajstić information content (AvgIpc) is 2.76. The first-order chi connectivity index (χ1) is 8.02. The predicted molar refractivity (Wildman–Crippen MR) is 58.9 cm³/mol. The second kappa shape index (κ2) is 4.56. The zero-order valence-electron chi connectivity index (χ0n) is 9.24. The van der Waals surface area contributed by atoms with Crippen molar-refractivity contribution in [2.75, 3.05) is 18.1 Å². The van der Waals surface area contributed by atoms with Gasteiger partial charge in [0.2, 0.25) is 0 Å². The molecule has 1 saturated heterocycles. The molecule has 1 N–H and O–H groups in total. The number of nitrogens with zero attached hydrogens (tertiary/aromatic N) is 1. The van der Waals surface area contributed by atoms with Gasteiger partial charge in [0.25, 0.3) is 0 Å². The van der Waals surface area contributed by atoms with Crippen LogP contribution in [0.3, 0.4) is 0 Å². The molecule has 1 fully saturated rings. The van der Waals surface area contributed by atoms with Gasteiger partial charge in [0, 0.05) is 12.2 Å². The van der Waals surface area contributed by atoms with E-state index in [1.54, 1.807) is 0 Å². The van der Waals surface area contributed by atoms with Gasteiger partial charge in [-0.1, -0.05) is 0 Å². The lowest BCUT2D eigenvalue weighted by molar-refractivity contribution is -0.137. The van der Waals surface area contributed by atoms with Crippen LogP contribution in [0, 0.1) is 0 Å². The fraction of sp³-hybridized carbons (Fsp3) is 0.500. The molecule has 94 valence electrons. The molecule has 1 heterocycles. The van der Waals surface area contributed by atoms with Gasteiger partial charge in [-0.3, -0.25) is 0 Å². The van der Waals surface area contributed by atoms with Gasteiger partial charge >= 0.3 is 6.18 Å². The first-order valence-corrected chi connectivity index (χ1v) is 5.57. The normalized spacial score (nSPS) is 20.9. The molecular formula is C12H14F3NO. The van der Waals surface area contributed by atoms with E-state index in [1.807, 2.05) is 4.90 Å². The number of rotatable bonds is 2. The van der Waals surface area contributed by atoms with Crippen molar-refractivity contribution in [3.63, 3.8) is 0 Å². The minimum Gasteiger partial charge on any atom is -0.394 e. The highest BCUT2D eigenvalue weighted by molar-refractivity contribution is 5.49. The molecule has 0 saturated carbocycles. The second-order valence-corrected chi connectivity index (χ2v) is 4.22. The van der Waals surface area contributed by atoms with E-state index >= 15 is 0 Å². The van der Waals surface area contributed by atoms with Crippen molar-refractivity contribution in [3.05, 3.63) is 29.8 Å². The lowest BCUT2D eigenvalue weighted by atomic mass is 10.1. The van der Waals surface area contributed by atoms with Crippen LogP contribution in [0.1, 0.15) is 18.4 Å². The van der Waals surface area contributed by atoms with Crippen LogP contribution in [-0.2, 0) is 6.18 Å². The van der Waals surface area contributed by atoms with Crippen molar-refractivity contribution >= 4 is 5.69 Å². The maximum absolute atomic E-state index is 12.4. The van der Waals surface area contributed by atoms with Crippen molar-refractivity contribution in [2.45, 2.75) is 25.1 Å². The molecule has 17 heavy (non-hydrogen) atoms. The van der Waals surface area contributed by atoms with Gasteiger partial charge in [-0.05, 0) is 37.1 Å². The van der Waals surface area contributed by atoms with Crippen molar-refractivity contribution in [1.29, 1.82) is 0 Å². The molecule has 1 aliphatic rings. The third-order valence-electron chi connectivity index (χ3n) is 3.11. The summed E-state index contributed by atoms with van der Waals surface area (Å²) in [5.41, 5.74) is 0.107. The van der Waals surface area contributed by atoms with Crippen LogP contribution in [0.5, 0.6) is 0 Å². The summed E-state index contributed by atoms with van der Waals surface area (Å²) < 4.78 is 37.2. The van der Waals surface area contributed by atoms with Crippen LogP contribution in [0.2, 0.25) is 0 Å². The Morgan fingerprint density at radius 3 is 2.41 bits per heavy atom. The molecule has 0 aliphatic carbocycles. The maximum Gasteiger partial charge on any atom is 0.416 e. The summed E-state index contributed by atoms with van der Waals surface area (Å²) >= 11 is 0. The number of halogens is 3.